The van der Waals surface area contributed by atoms with Crippen LogP contribution in [0.15, 0.2) is 48.1 Å². The third kappa shape index (κ3) is 1.83. The Morgan fingerprint density at radius 2 is 1.85 bits per heavy atom. The Morgan fingerprint density at radius 1 is 1.05 bits per heavy atom. The van der Waals surface area contributed by atoms with Crippen LogP contribution in [0.1, 0.15) is 50.5 Å². The summed E-state index contributed by atoms with van der Waals surface area (Å²) in [4.78, 5) is 2.73. The van der Waals surface area contributed by atoms with Crippen molar-refractivity contribution in [2.24, 2.45) is 0 Å². The minimum Gasteiger partial charge on any atom is -0.361 e. The largest absolute Gasteiger partial charge is 0.361 e. The van der Waals surface area contributed by atoms with Crippen LogP contribution >= 0.6 is 0 Å². The maximum absolute atomic E-state index is 2.73. The van der Waals surface area contributed by atoms with Crippen molar-refractivity contribution < 1.29 is 0 Å². The average Bonchev–Trinajstić information content (AvgIpc) is 2.82. The van der Waals surface area contributed by atoms with Gasteiger partial charge in [0.15, 0.2) is 0 Å². The predicted molar refractivity (Wildman–Crippen MR) is 85.2 cm³/mol. The van der Waals surface area contributed by atoms with Crippen molar-refractivity contribution in [1.82, 2.24) is 0 Å². The third-order valence-electron chi connectivity index (χ3n) is 5.23. The summed E-state index contributed by atoms with van der Waals surface area (Å²) < 4.78 is 0. The topological polar surface area (TPSA) is 3.24 Å². The van der Waals surface area contributed by atoms with Gasteiger partial charge in [0.1, 0.15) is 0 Å². The highest BCUT2D eigenvalue weighted by Gasteiger charge is 2.40. The van der Waals surface area contributed by atoms with E-state index in [4.69, 9.17) is 0 Å². The van der Waals surface area contributed by atoms with Gasteiger partial charge in [-0.2, -0.15) is 0 Å². The summed E-state index contributed by atoms with van der Waals surface area (Å²) in [6, 6.07) is 10.4. The zero-order chi connectivity index (χ0) is 13.5. The standard InChI is InChI=1S/C19H23N/c1-14-11-12-19-17(13-14)16-9-5-6-10-18(16)20(19)15-7-3-2-4-8-15/h5-6,9-13,15,17,19H,2-4,7-8H2,1H3/t17?,19-/m0/s1. The van der Waals surface area contributed by atoms with E-state index in [1.807, 2.05) is 0 Å². The second-order valence-corrected chi connectivity index (χ2v) is 6.54. The molecule has 20 heavy (non-hydrogen) atoms. The molecule has 2 aliphatic carbocycles. The zero-order valence-electron chi connectivity index (χ0n) is 12.3. The number of anilines is 1. The van der Waals surface area contributed by atoms with Gasteiger partial charge >= 0.3 is 0 Å². The van der Waals surface area contributed by atoms with Crippen molar-refractivity contribution in [2.45, 2.75) is 57.0 Å². The number of fused-ring (bicyclic) bond motifs is 3. The molecule has 0 bridgehead atoms. The molecule has 1 saturated carbocycles. The molecule has 3 aliphatic rings. The van der Waals surface area contributed by atoms with Crippen LogP contribution in [0.25, 0.3) is 0 Å². The summed E-state index contributed by atoms with van der Waals surface area (Å²) >= 11 is 0. The molecular weight excluding hydrogens is 242 g/mol. The lowest BCUT2D eigenvalue weighted by atomic mass is 9.88. The van der Waals surface area contributed by atoms with E-state index in [-0.39, 0.29) is 0 Å². The van der Waals surface area contributed by atoms with Crippen LogP contribution in [-0.2, 0) is 0 Å². The van der Waals surface area contributed by atoms with E-state index in [1.54, 1.807) is 0 Å². The molecule has 2 atom stereocenters. The van der Waals surface area contributed by atoms with E-state index in [0.29, 0.717) is 12.0 Å². The zero-order valence-corrected chi connectivity index (χ0v) is 12.3. The van der Waals surface area contributed by atoms with E-state index < -0.39 is 0 Å². The van der Waals surface area contributed by atoms with E-state index in [9.17, 15) is 0 Å². The minimum absolute atomic E-state index is 0.555. The van der Waals surface area contributed by atoms with Crippen LogP contribution in [0.2, 0.25) is 0 Å². The molecule has 1 aliphatic heterocycles. The number of hydrogen-bond acceptors (Lipinski definition) is 1. The second-order valence-electron chi connectivity index (χ2n) is 6.54. The monoisotopic (exact) mass is 265 g/mol. The smallest absolute Gasteiger partial charge is 0.0583 e. The van der Waals surface area contributed by atoms with Gasteiger partial charge in [-0.25, -0.2) is 0 Å². The van der Waals surface area contributed by atoms with Gasteiger partial charge < -0.3 is 4.90 Å². The fourth-order valence-electron chi connectivity index (χ4n) is 4.31. The fourth-order valence-corrected chi connectivity index (χ4v) is 4.31. The quantitative estimate of drug-likeness (QED) is 0.704. The SMILES string of the molecule is CC1=CC2c3ccccc3N(C3CCCCC3)[C@H]2C=C1. The molecule has 0 aromatic heterocycles. The molecule has 0 radical (unpaired) electrons. The van der Waals surface area contributed by atoms with Gasteiger partial charge in [0, 0.05) is 17.6 Å². The highest BCUT2D eigenvalue weighted by Crippen LogP contribution is 2.47. The Labute approximate surface area is 122 Å². The van der Waals surface area contributed by atoms with Crippen molar-refractivity contribution in [1.29, 1.82) is 0 Å². The van der Waals surface area contributed by atoms with Crippen LogP contribution in [-0.4, -0.2) is 12.1 Å². The van der Waals surface area contributed by atoms with Gasteiger partial charge in [-0.05, 0) is 31.4 Å². The molecule has 104 valence electrons. The van der Waals surface area contributed by atoms with Crippen LogP contribution in [0, 0.1) is 0 Å². The second kappa shape index (κ2) is 4.80. The first-order valence-electron chi connectivity index (χ1n) is 8.08. The number of rotatable bonds is 1. The average molecular weight is 265 g/mol. The van der Waals surface area contributed by atoms with Gasteiger partial charge in [-0.3, -0.25) is 0 Å². The number of para-hydroxylation sites is 1. The van der Waals surface area contributed by atoms with Gasteiger partial charge in [0.05, 0.1) is 6.04 Å². The summed E-state index contributed by atoms with van der Waals surface area (Å²) in [5, 5.41) is 0. The van der Waals surface area contributed by atoms with Crippen LogP contribution in [0.4, 0.5) is 5.69 Å². The summed E-state index contributed by atoms with van der Waals surface area (Å²) in [6.45, 7) is 2.22. The molecule has 0 spiro atoms. The first-order chi connectivity index (χ1) is 9.84. The van der Waals surface area contributed by atoms with E-state index >= 15 is 0 Å². The first-order valence-corrected chi connectivity index (χ1v) is 8.08. The Bertz CT molecular complexity index is 563. The third-order valence-corrected chi connectivity index (χ3v) is 5.23. The number of nitrogens with zero attached hydrogens (tertiary/aromatic N) is 1. The van der Waals surface area contributed by atoms with E-state index in [0.717, 1.165) is 6.04 Å². The van der Waals surface area contributed by atoms with Crippen molar-refractivity contribution in [3.8, 4) is 0 Å². The molecule has 1 aromatic rings. The summed E-state index contributed by atoms with van der Waals surface area (Å²) in [6.07, 6.45) is 14.2. The van der Waals surface area contributed by atoms with Gasteiger partial charge in [0.2, 0.25) is 0 Å². The van der Waals surface area contributed by atoms with Crippen LogP contribution in [0.5, 0.6) is 0 Å². The molecule has 0 saturated heterocycles. The van der Waals surface area contributed by atoms with Crippen molar-refractivity contribution in [3.05, 3.63) is 53.6 Å². The summed E-state index contributed by atoms with van der Waals surface area (Å²) in [7, 11) is 0. The lowest BCUT2D eigenvalue weighted by Crippen LogP contribution is -2.42. The molecule has 1 aromatic carbocycles. The number of benzene rings is 1. The highest BCUT2D eigenvalue weighted by molar-refractivity contribution is 5.66. The van der Waals surface area contributed by atoms with E-state index in [1.165, 1.54) is 48.9 Å². The molecule has 1 heteroatoms. The number of allylic oxidation sites excluding steroid dienone is 2. The van der Waals surface area contributed by atoms with Gasteiger partial charge in [0.25, 0.3) is 0 Å². The molecule has 0 amide bonds. The Hall–Kier alpha value is -1.50. The van der Waals surface area contributed by atoms with Crippen LogP contribution in [0.3, 0.4) is 0 Å². The van der Waals surface area contributed by atoms with Gasteiger partial charge in [-0.15, -0.1) is 0 Å². The molecule has 1 nitrogen and oxygen atoms in total. The minimum atomic E-state index is 0.555. The molecule has 4 rings (SSSR count). The lowest BCUT2D eigenvalue weighted by molar-refractivity contribution is 0.403. The summed E-state index contributed by atoms with van der Waals surface area (Å²) in [5.41, 5.74) is 4.43. The maximum Gasteiger partial charge on any atom is 0.0583 e. The Morgan fingerprint density at radius 3 is 2.70 bits per heavy atom. The Kier molecular flexibility index (Phi) is 2.94. The Balaban J connectivity index is 1.77. The first kappa shape index (κ1) is 12.3. The van der Waals surface area contributed by atoms with Crippen LogP contribution < -0.4 is 4.90 Å². The summed E-state index contributed by atoms with van der Waals surface area (Å²) in [5.74, 6) is 0.568. The van der Waals surface area contributed by atoms with Gasteiger partial charge in [-0.1, -0.05) is 61.3 Å². The maximum atomic E-state index is 2.73. The van der Waals surface area contributed by atoms with Crippen molar-refractivity contribution in [3.63, 3.8) is 0 Å². The van der Waals surface area contributed by atoms with E-state index in [2.05, 4.69) is 54.3 Å². The molecule has 1 fully saturated rings. The highest BCUT2D eigenvalue weighted by atomic mass is 15.2. The lowest BCUT2D eigenvalue weighted by Gasteiger charge is -2.38. The normalized spacial score (nSPS) is 29.1. The predicted octanol–water partition coefficient (Wildman–Crippen LogP) is 4.81. The van der Waals surface area contributed by atoms with Crippen molar-refractivity contribution in [2.75, 3.05) is 4.90 Å². The molecule has 0 N–H and O–H groups in total. The molecule has 1 unspecified atom stereocenters. The molecular formula is C19H23N. The molecule has 1 heterocycles. The number of hydrogen-bond donors (Lipinski definition) is 0. The fraction of sp³-hybridized carbons (Fsp3) is 0.474. The van der Waals surface area contributed by atoms with Crippen molar-refractivity contribution >= 4 is 5.69 Å².